The molecule has 1 N–H and O–H groups in total. The lowest BCUT2D eigenvalue weighted by molar-refractivity contribution is -0.115. The third-order valence-electron chi connectivity index (χ3n) is 3.00. The van der Waals surface area contributed by atoms with E-state index in [4.69, 9.17) is 23.2 Å². The number of fused-ring (bicyclic) bond motifs is 1. The van der Waals surface area contributed by atoms with Gasteiger partial charge in [0.05, 0.1) is 19.9 Å². The summed E-state index contributed by atoms with van der Waals surface area (Å²) in [5, 5.41) is 2.82. The van der Waals surface area contributed by atoms with Crippen LogP contribution in [0.5, 0.6) is 0 Å². The van der Waals surface area contributed by atoms with E-state index in [1.165, 1.54) is 11.3 Å². The van der Waals surface area contributed by atoms with Crippen LogP contribution in [0.4, 0.5) is 5.69 Å². The summed E-state index contributed by atoms with van der Waals surface area (Å²) in [5.74, 6) is 0.0369. The van der Waals surface area contributed by atoms with Gasteiger partial charge in [0.15, 0.2) is 0 Å². The maximum Gasteiger partial charge on any atom is 0.228 e. The number of anilines is 1. The standard InChI is InChI=1S/C13H8BrCl2NOS/c14-12(8-5-10(15)19-13(8)16)6-1-2-9-7(3-6)4-11(18)17-9/h1-3,5,12H,4H2,(H,17,18). The molecule has 1 aliphatic heterocycles. The monoisotopic (exact) mass is 375 g/mol. The Kier molecular flexibility index (Phi) is 3.60. The second-order valence-electron chi connectivity index (χ2n) is 4.28. The van der Waals surface area contributed by atoms with Crippen molar-refractivity contribution in [3.05, 3.63) is 49.6 Å². The molecule has 2 nitrogen and oxygen atoms in total. The molecule has 1 unspecified atom stereocenters. The van der Waals surface area contributed by atoms with Crippen LogP contribution in [-0.2, 0) is 11.2 Å². The largest absolute Gasteiger partial charge is 0.326 e. The minimum Gasteiger partial charge on any atom is -0.326 e. The predicted octanol–water partition coefficient (Wildman–Crippen LogP) is 5.03. The predicted molar refractivity (Wildman–Crippen MR) is 83.9 cm³/mol. The fraction of sp³-hybridized carbons (Fsp3) is 0.154. The molecule has 0 saturated heterocycles. The van der Waals surface area contributed by atoms with Gasteiger partial charge < -0.3 is 5.32 Å². The summed E-state index contributed by atoms with van der Waals surface area (Å²) < 4.78 is 1.35. The van der Waals surface area contributed by atoms with E-state index in [-0.39, 0.29) is 10.7 Å². The van der Waals surface area contributed by atoms with Gasteiger partial charge >= 0.3 is 0 Å². The van der Waals surface area contributed by atoms with Crippen LogP contribution in [0, 0.1) is 0 Å². The number of amides is 1. The number of carbonyl (C=O) groups is 1. The van der Waals surface area contributed by atoms with Crippen molar-refractivity contribution in [1.29, 1.82) is 0 Å². The van der Waals surface area contributed by atoms with Gasteiger partial charge in [0.1, 0.15) is 0 Å². The Hall–Kier alpha value is -0.550. The van der Waals surface area contributed by atoms with Crippen molar-refractivity contribution in [2.75, 3.05) is 5.32 Å². The molecule has 0 radical (unpaired) electrons. The van der Waals surface area contributed by atoms with E-state index in [2.05, 4.69) is 21.2 Å². The summed E-state index contributed by atoms with van der Waals surface area (Å²) >= 11 is 17.1. The number of alkyl halides is 1. The molecule has 19 heavy (non-hydrogen) atoms. The molecular weight excluding hydrogens is 369 g/mol. The van der Waals surface area contributed by atoms with E-state index in [1.54, 1.807) is 0 Å². The first-order valence-electron chi connectivity index (χ1n) is 5.56. The molecule has 1 atom stereocenters. The van der Waals surface area contributed by atoms with E-state index in [9.17, 15) is 4.79 Å². The number of halogens is 3. The summed E-state index contributed by atoms with van der Waals surface area (Å²) in [4.78, 5) is 11.3. The summed E-state index contributed by atoms with van der Waals surface area (Å²) in [5.41, 5.74) is 3.92. The number of carbonyl (C=O) groups excluding carboxylic acids is 1. The van der Waals surface area contributed by atoms with Gasteiger partial charge in [-0.25, -0.2) is 0 Å². The van der Waals surface area contributed by atoms with Crippen LogP contribution < -0.4 is 5.32 Å². The number of benzene rings is 1. The molecule has 0 saturated carbocycles. The van der Waals surface area contributed by atoms with Crippen LogP contribution in [0.2, 0.25) is 8.67 Å². The van der Waals surface area contributed by atoms with Gasteiger partial charge in [0, 0.05) is 11.3 Å². The molecule has 98 valence electrons. The van der Waals surface area contributed by atoms with Crippen molar-refractivity contribution in [3.8, 4) is 0 Å². The minimum absolute atomic E-state index is 0.0234. The fourth-order valence-electron chi connectivity index (χ4n) is 2.11. The fourth-order valence-corrected chi connectivity index (χ4v) is 4.57. The van der Waals surface area contributed by atoms with Crippen LogP contribution in [0.25, 0.3) is 0 Å². The van der Waals surface area contributed by atoms with Gasteiger partial charge in [-0.2, -0.15) is 0 Å². The first kappa shape index (κ1) is 13.4. The molecule has 0 bridgehead atoms. The lowest BCUT2D eigenvalue weighted by atomic mass is 10.0. The summed E-state index contributed by atoms with van der Waals surface area (Å²) in [7, 11) is 0. The Morgan fingerprint density at radius 3 is 2.79 bits per heavy atom. The van der Waals surface area contributed by atoms with E-state index in [0.717, 1.165) is 22.4 Å². The quantitative estimate of drug-likeness (QED) is 0.731. The minimum atomic E-state index is -0.0234. The van der Waals surface area contributed by atoms with E-state index in [1.807, 2.05) is 24.3 Å². The molecule has 2 aromatic rings. The smallest absolute Gasteiger partial charge is 0.228 e. The molecule has 0 fully saturated rings. The maximum atomic E-state index is 11.3. The number of hydrogen-bond donors (Lipinski definition) is 1. The van der Waals surface area contributed by atoms with Crippen LogP contribution in [0.3, 0.4) is 0 Å². The Bertz CT molecular complexity index is 671. The van der Waals surface area contributed by atoms with Crippen LogP contribution in [-0.4, -0.2) is 5.91 Å². The number of thiophene rings is 1. The lowest BCUT2D eigenvalue weighted by Crippen LogP contribution is -2.03. The lowest BCUT2D eigenvalue weighted by Gasteiger charge is -2.11. The highest BCUT2D eigenvalue weighted by atomic mass is 79.9. The third-order valence-corrected chi connectivity index (χ3v) is 5.54. The summed E-state index contributed by atoms with van der Waals surface area (Å²) in [6.45, 7) is 0. The number of nitrogens with one attached hydrogen (secondary N) is 1. The molecule has 0 aliphatic carbocycles. The van der Waals surface area contributed by atoms with Crippen LogP contribution >= 0.6 is 50.5 Å². The first-order valence-corrected chi connectivity index (χ1v) is 8.05. The van der Waals surface area contributed by atoms with Crippen LogP contribution in [0.15, 0.2) is 24.3 Å². The second-order valence-corrected chi connectivity index (χ2v) is 7.48. The van der Waals surface area contributed by atoms with Crippen LogP contribution in [0.1, 0.15) is 21.5 Å². The molecular formula is C13H8BrCl2NOS. The van der Waals surface area contributed by atoms with Gasteiger partial charge in [0.2, 0.25) is 5.91 Å². The highest BCUT2D eigenvalue weighted by Crippen LogP contribution is 2.42. The molecule has 6 heteroatoms. The van der Waals surface area contributed by atoms with E-state index >= 15 is 0 Å². The van der Waals surface area contributed by atoms with E-state index < -0.39 is 0 Å². The Labute approximate surface area is 132 Å². The Balaban J connectivity index is 1.97. The first-order chi connectivity index (χ1) is 9.04. The highest BCUT2D eigenvalue weighted by molar-refractivity contribution is 9.09. The summed E-state index contributed by atoms with van der Waals surface area (Å²) in [6.07, 6.45) is 0.432. The Morgan fingerprint density at radius 2 is 2.11 bits per heavy atom. The molecule has 1 amide bonds. The maximum absolute atomic E-state index is 11.3. The van der Waals surface area contributed by atoms with Crippen molar-refractivity contribution in [1.82, 2.24) is 0 Å². The molecule has 2 heterocycles. The topological polar surface area (TPSA) is 29.1 Å². The van der Waals surface area contributed by atoms with Crippen molar-refractivity contribution in [2.45, 2.75) is 11.2 Å². The van der Waals surface area contributed by atoms with Gasteiger partial charge in [-0.15, -0.1) is 11.3 Å². The zero-order chi connectivity index (χ0) is 13.6. The molecule has 1 aromatic heterocycles. The normalized spacial score (nSPS) is 15.2. The third kappa shape index (κ3) is 2.55. The average molecular weight is 377 g/mol. The number of hydrogen-bond acceptors (Lipinski definition) is 2. The zero-order valence-corrected chi connectivity index (χ0v) is 13.5. The van der Waals surface area contributed by atoms with Gasteiger partial charge in [0.25, 0.3) is 0 Å². The molecule has 0 spiro atoms. The Morgan fingerprint density at radius 1 is 1.32 bits per heavy atom. The SMILES string of the molecule is O=C1Cc2cc(C(Br)c3cc(Cl)sc3Cl)ccc2N1. The number of rotatable bonds is 2. The molecule has 1 aliphatic rings. The van der Waals surface area contributed by atoms with Gasteiger partial charge in [-0.1, -0.05) is 51.3 Å². The second kappa shape index (κ2) is 5.09. The zero-order valence-electron chi connectivity index (χ0n) is 9.54. The van der Waals surface area contributed by atoms with Gasteiger partial charge in [-0.3, -0.25) is 4.79 Å². The van der Waals surface area contributed by atoms with Crippen molar-refractivity contribution in [2.24, 2.45) is 0 Å². The molecule has 3 rings (SSSR count). The van der Waals surface area contributed by atoms with Gasteiger partial charge in [-0.05, 0) is 23.3 Å². The molecule has 1 aromatic carbocycles. The van der Waals surface area contributed by atoms with E-state index in [0.29, 0.717) is 15.1 Å². The van der Waals surface area contributed by atoms with Crippen molar-refractivity contribution in [3.63, 3.8) is 0 Å². The average Bonchev–Trinajstić information content (AvgIpc) is 2.88. The summed E-state index contributed by atoms with van der Waals surface area (Å²) in [6, 6.07) is 7.79. The van der Waals surface area contributed by atoms with Crippen molar-refractivity contribution < 1.29 is 4.79 Å². The highest BCUT2D eigenvalue weighted by Gasteiger charge is 2.21. The van der Waals surface area contributed by atoms with Crippen molar-refractivity contribution >= 4 is 62.1 Å².